The van der Waals surface area contributed by atoms with E-state index in [9.17, 15) is 22.4 Å². The summed E-state index contributed by atoms with van der Waals surface area (Å²) in [6, 6.07) is 1.60. The SMILES string of the molecule is O=C(O)C(c1ccc(F)c(OC(F)(F)F)c1)N1CCC1.[LiH]. The van der Waals surface area contributed by atoms with Crippen LogP contribution in [0.3, 0.4) is 0 Å². The van der Waals surface area contributed by atoms with E-state index in [1.54, 1.807) is 4.90 Å². The number of halogens is 4. The predicted molar refractivity (Wildman–Crippen MR) is 66.8 cm³/mol. The van der Waals surface area contributed by atoms with Crippen LogP contribution in [0.2, 0.25) is 0 Å². The molecule has 1 atom stereocenters. The second kappa shape index (κ2) is 6.69. The van der Waals surface area contributed by atoms with E-state index in [1.165, 1.54) is 0 Å². The molecule has 0 radical (unpaired) electrons. The van der Waals surface area contributed by atoms with Crippen LogP contribution in [0.1, 0.15) is 18.0 Å². The molecule has 0 spiro atoms. The van der Waals surface area contributed by atoms with Gasteiger partial charge in [-0.2, -0.15) is 0 Å². The zero-order valence-electron chi connectivity index (χ0n) is 10.2. The van der Waals surface area contributed by atoms with Crippen LogP contribution >= 0.6 is 0 Å². The number of alkyl halides is 3. The van der Waals surface area contributed by atoms with Crippen LogP contribution in [0.15, 0.2) is 18.2 Å². The van der Waals surface area contributed by atoms with Crippen molar-refractivity contribution in [2.45, 2.75) is 18.8 Å². The summed E-state index contributed by atoms with van der Waals surface area (Å²) in [5.74, 6) is -3.42. The average Bonchev–Trinajstić information content (AvgIpc) is 2.24. The van der Waals surface area contributed by atoms with Crippen LogP contribution in [0.5, 0.6) is 5.75 Å². The fraction of sp³-hybridized carbons (Fsp3) is 0.417. The molecule has 0 aromatic heterocycles. The van der Waals surface area contributed by atoms with Crippen LogP contribution in [0.4, 0.5) is 17.6 Å². The molecule has 1 aromatic carbocycles. The van der Waals surface area contributed by atoms with E-state index in [-0.39, 0.29) is 24.4 Å². The van der Waals surface area contributed by atoms with E-state index >= 15 is 0 Å². The molecule has 0 saturated carbocycles. The number of aliphatic carboxylic acids is 1. The Morgan fingerprint density at radius 1 is 1.33 bits per heavy atom. The van der Waals surface area contributed by atoms with Crippen LogP contribution < -0.4 is 4.74 Å². The molecule has 1 fully saturated rings. The molecule has 1 aliphatic heterocycles. The van der Waals surface area contributed by atoms with Crippen molar-refractivity contribution in [2.24, 2.45) is 0 Å². The Kier molecular flexibility index (Phi) is 5.67. The van der Waals surface area contributed by atoms with Crippen molar-refractivity contribution < 1.29 is 32.2 Å². The number of hydrogen-bond donors (Lipinski definition) is 1. The van der Waals surface area contributed by atoms with Crippen LogP contribution in [-0.4, -0.2) is 54.3 Å². The fourth-order valence-electron chi connectivity index (χ4n) is 2.00. The fourth-order valence-corrected chi connectivity index (χ4v) is 2.00. The molecule has 9 heteroatoms. The number of hydrogen-bond acceptors (Lipinski definition) is 3. The number of ether oxygens (including phenoxy) is 1. The Hall–Kier alpha value is -1.23. The summed E-state index contributed by atoms with van der Waals surface area (Å²) < 4.78 is 53.2. The van der Waals surface area contributed by atoms with Crippen LogP contribution in [0, 0.1) is 5.82 Å². The first kappa shape index (κ1) is 17.8. The second-order valence-corrected chi connectivity index (χ2v) is 4.37. The Balaban J connectivity index is 0.00000220. The van der Waals surface area contributed by atoms with E-state index in [2.05, 4.69) is 4.74 Å². The molecule has 1 unspecified atom stereocenters. The summed E-state index contributed by atoms with van der Waals surface area (Å²) in [6.07, 6.45) is -4.22. The third kappa shape index (κ3) is 4.37. The van der Waals surface area contributed by atoms with Crippen molar-refractivity contribution in [3.05, 3.63) is 29.6 Å². The van der Waals surface area contributed by atoms with Crippen molar-refractivity contribution >= 4 is 24.8 Å². The summed E-state index contributed by atoms with van der Waals surface area (Å²) in [6.45, 7) is 1.06. The molecule has 1 N–H and O–H groups in total. The number of rotatable bonds is 4. The molecule has 21 heavy (non-hydrogen) atoms. The van der Waals surface area contributed by atoms with E-state index in [1.807, 2.05) is 0 Å². The molecule has 1 heterocycles. The number of benzene rings is 1. The average molecular weight is 301 g/mol. The third-order valence-corrected chi connectivity index (χ3v) is 2.99. The predicted octanol–water partition coefficient (Wildman–Crippen LogP) is 1.91. The minimum absolute atomic E-state index is 0. The molecule has 1 aromatic rings. The molecule has 112 valence electrons. The monoisotopic (exact) mass is 301 g/mol. The van der Waals surface area contributed by atoms with Crippen molar-refractivity contribution in [1.29, 1.82) is 0 Å². The number of carboxylic acids is 1. The number of likely N-dealkylation sites (tertiary alicyclic amines) is 1. The Labute approximate surface area is 129 Å². The summed E-state index contributed by atoms with van der Waals surface area (Å²) in [5.41, 5.74) is 0.0536. The molecule has 0 bridgehead atoms. The second-order valence-electron chi connectivity index (χ2n) is 4.37. The minimum atomic E-state index is -5.03. The first-order chi connectivity index (χ1) is 9.28. The van der Waals surface area contributed by atoms with E-state index in [0.717, 1.165) is 24.6 Å². The van der Waals surface area contributed by atoms with Gasteiger partial charge in [0.05, 0.1) is 0 Å². The third-order valence-electron chi connectivity index (χ3n) is 2.99. The van der Waals surface area contributed by atoms with E-state index in [4.69, 9.17) is 5.11 Å². The summed E-state index contributed by atoms with van der Waals surface area (Å²) in [5, 5.41) is 9.16. The maximum absolute atomic E-state index is 13.3. The van der Waals surface area contributed by atoms with Gasteiger partial charge in [0.1, 0.15) is 6.04 Å². The molecule has 2 rings (SSSR count). The van der Waals surface area contributed by atoms with Gasteiger partial charge in [-0.05, 0) is 24.1 Å². The standard InChI is InChI=1S/C12H11F4NO3.Li.H/c13-8-3-2-7(6-9(8)20-12(14,15)16)10(11(18)19)17-4-1-5-17;;/h2-3,6,10H,1,4-5H2,(H,18,19);;. The van der Waals surface area contributed by atoms with Gasteiger partial charge in [-0.1, -0.05) is 6.07 Å². The van der Waals surface area contributed by atoms with Crippen molar-refractivity contribution in [1.82, 2.24) is 4.90 Å². The zero-order chi connectivity index (χ0) is 14.9. The molecular weight excluding hydrogens is 289 g/mol. The number of carbonyl (C=O) groups is 1. The van der Waals surface area contributed by atoms with Gasteiger partial charge in [-0.15, -0.1) is 13.2 Å². The van der Waals surface area contributed by atoms with Gasteiger partial charge in [-0.25, -0.2) is 4.39 Å². The summed E-state index contributed by atoms with van der Waals surface area (Å²) in [4.78, 5) is 12.8. The topological polar surface area (TPSA) is 49.8 Å². The number of carboxylic acid groups (broad SMARTS) is 1. The van der Waals surface area contributed by atoms with E-state index in [0.29, 0.717) is 13.1 Å². The summed E-state index contributed by atoms with van der Waals surface area (Å²) in [7, 11) is 0. The van der Waals surface area contributed by atoms with Gasteiger partial charge in [0.25, 0.3) is 0 Å². The molecular formula is C12H12F4LiNO3. The van der Waals surface area contributed by atoms with Gasteiger partial charge in [-0.3, -0.25) is 9.69 Å². The van der Waals surface area contributed by atoms with Gasteiger partial charge in [0.2, 0.25) is 0 Å². The normalized spacial score (nSPS) is 16.6. The van der Waals surface area contributed by atoms with Crippen LogP contribution in [-0.2, 0) is 4.79 Å². The van der Waals surface area contributed by atoms with Gasteiger partial charge in [0, 0.05) is 13.1 Å². The first-order valence-corrected chi connectivity index (χ1v) is 5.80. The number of nitrogens with zero attached hydrogens (tertiary/aromatic N) is 1. The van der Waals surface area contributed by atoms with E-state index < -0.39 is 29.9 Å². The van der Waals surface area contributed by atoms with Crippen LogP contribution in [0.25, 0.3) is 0 Å². The Bertz CT molecular complexity index is 520. The van der Waals surface area contributed by atoms with Gasteiger partial charge >= 0.3 is 31.2 Å². The molecule has 0 amide bonds. The molecule has 4 nitrogen and oxygen atoms in total. The van der Waals surface area contributed by atoms with Gasteiger partial charge in [0.15, 0.2) is 11.6 Å². The molecule has 1 aliphatic rings. The molecule has 1 saturated heterocycles. The summed E-state index contributed by atoms with van der Waals surface area (Å²) >= 11 is 0. The van der Waals surface area contributed by atoms with Crippen molar-refractivity contribution in [3.63, 3.8) is 0 Å². The maximum atomic E-state index is 13.3. The van der Waals surface area contributed by atoms with Crippen molar-refractivity contribution in [2.75, 3.05) is 13.1 Å². The molecule has 0 aliphatic carbocycles. The van der Waals surface area contributed by atoms with Gasteiger partial charge < -0.3 is 9.84 Å². The Morgan fingerprint density at radius 2 is 1.95 bits per heavy atom. The Morgan fingerprint density at radius 3 is 2.38 bits per heavy atom. The quantitative estimate of drug-likeness (QED) is 0.682. The zero-order valence-corrected chi connectivity index (χ0v) is 10.2. The van der Waals surface area contributed by atoms with Crippen molar-refractivity contribution in [3.8, 4) is 5.75 Å². The first-order valence-electron chi connectivity index (χ1n) is 5.80.